The first-order valence-electron chi connectivity index (χ1n) is 7.97. The summed E-state index contributed by atoms with van der Waals surface area (Å²) in [5, 5.41) is 0.616. The number of carbonyl (C=O) groups is 1. The molecule has 0 spiro atoms. The predicted octanol–water partition coefficient (Wildman–Crippen LogP) is 2.29. The van der Waals surface area contributed by atoms with Gasteiger partial charge in [-0.1, -0.05) is 23.7 Å². The van der Waals surface area contributed by atoms with Gasteiger partial charge in [-0.25, -0.2) is 0 Å². The zero-order valence-corrected chi connectivity index (χ0v) is 15.5. The Morgan fingerprint density at radius 3 is 2.42 bits per heavy atom. The Morgan fingerprint density at radius 2 is 1.88 bits per heavy atom. The van der Waals surface area contributed by atoms with Crippen LogP contribution in [0.15, 0.2) is 24.3 Å². The molecule has 134 valence electrons. The summed E-state index contributed by atoms with van der Waals surface area (Å²) < 4.78 is 33.1. The largest absolute Gasteiger partial charge is 0.466 e. The standard InChI is InChI=1S/C16H23ClN2O4S/c1-3-23-16(20)14-8-10-19(11-9-14)24(21,22)18(2)12-13-4-6-15(17)7-5-13/h4-7,14H,3,8-12H2,1-2H3. The van der Waals surface area contributed by atoms with Crippen molar-refractivity contribution >= 4 is 27.8 Å². The van der Waals surface area contributed by atoms with Crippen LogP contribution in [-0.2, 0) is 26.3 Å². The third kappa shape index (κ3) is 4.69. The van der Waals surface area contributed by atoms with E-state index < -0.39 is 10.2 Å². The summed E-state index contributed by atoms with van der Waals surface area (Å²) in [5.41, 5.74) is 0.867. The van der Waals surface area contributed by atoms with Gasteiger partial charge >= 0.3 is 5.97 Å². The molecule has 1 aliphatic heterocycles. The molecule has 1 saturated heterocycles. The normalized spacial score (nSPS) is 17.2. The molecule has 1 aliphatic rings. The van der Waals surface area contributed by atoms with Crippen molar-refractivity contribution in [1.82, 2.24) is 8.61 Å². The van der Waals surface area contributed by atoms with Crippen LogP contribution in [0.3, 0.4) is 0 Å². The molecule has 0 radical (unpaired) electrons. The molecule has 1 aromatic rings. The maximum atomic E-state index is 12.7. The highest BCUT2D eigenvalue weighted by atomic mass is 35.5. The maximum absolute atomic E-state index is 12.7. The van der Waals surface area contributed by atoms with Crippen molar-refractivity contribution in [3.8, 4) is 0 Å². The first-order chi connectivity index (χ1) is 11.3. The molecule has 0 atom stereocenters. The van der Waals surface area contributed by atoms with Crippen LogP contribution >= 0.6 is 11.6 Å². The van der Waals surface area contributed by atoms with E-state index in [4.69, 9.17) is 16.3 Å². The zero-order valence-electron chi connectivity index (χ0n) is 13.9. The third-order valence-electron chi connectivity index (χ3n) is 4.11. The smallest absolute Gasteiger partial charge is 0.309 e. The van der Waals surface area contributed by atoms with Crippen LogP contribution in [0.4, 0.5) is 0 Å². The van der Waals surface area contributed by atoms with Gasteiger partial charge in [0.1, 0.15) is 0 Å². The molecule has 0 saturated carbocycles. The summed E-state index contributed by atoms with van der Waals surface area (Å²) in [6.45, 7) is 3.05. The minimum absolute atomic E-state index is 0.210. The molecule has 0 aliphatic carbocycles. The van der Waals surface area contributed by atoms with Crippen LogP contribution < -0.4 is 0 Å². The minimum atomic E-state index is -3.55. The van der Waals surface area contributed by atoms with Crippen LogP contribution in [0.25, 0.3) is 0 Å². The summed E-state index contributed by atoms with van der Waals surface area (Å²) in [6.07, 6.45) is 0.986. The van der Waals surface area contributed by atoms with Crippen molar-refractivity contribution in [3.05, 3.63) is 34.9 Å². The van der Waals surface area contributed by atoms with Gasteiger partial charge in [0.25, 0.3) is 10.2 Å². The number of halogens is 1. The highest BCUT2D eigenvalue weighted by Gasteiger charge is 2.33. The highest BCUT2D eigenvalue weighted by Crippen LogP contribution is 2.23. The van der Waals surface area contributed by atoms with E-state index in [1.165, 1.54) is 8.61 Å². The molecular formula is C16H23ClN2O4S. The van der Waals surface area contributed by atoms with Crippen molar-refractivity contribution in [1.29, 1.82) is 0 Å². The molecule has 2 rings (SSSR count). The lowest BCUT2D eigenvalue weighted by molar-refractivity contribution is -0.149. The molecule has 0 aromatic heterocycles. The Morgan fingerprint density at radius 1 is 1.29 bits per heavy atom. The van der Waals surface area contributed by atoms with Gasteiger partial charge in [-0.2, -0.15) is 17.0 Å². The van der Waals surface area contributed by atoms with Crippen molar-refractivity contribution < 1.29 is 17.9 Å². The maximum Gasteiger partial charge on any atom is 0.309 e. The number of hydrogen-bond acceptors (Lipinski definition) is 4. The fourth-order valence-electron chi connectivity index (χ4n) is 2.71. The molecule has 1 aromatic carbocycles. The first-order valence-corrected chi connectivity index (χ1v) is 9.74. The van der Waals surface area contributed by atoms with Crippen LogP contribution in [0.5, 0.6) is 0 Å². The average molecular weight is 375 g/mol. The van der Waals surface area contributed by atoms with E-state index in [-0.39, 0.29) is 18.4 Å². The summed E-state index contributed by atoms with van der Waals surface area (Å²) in [4.78, 5) is 11.7. The second kappa shape index (κ2) is 8.29. The molecule has 8 heteroatoms. The van der Waals surface area contributed by atoms with E-state index >= 15 is 0 Å². The van der Waals surface area contributed by atoms with Crippen molar-refractivity contribution in [2.45, 2.75) is 26.3 Å². The predicted molar refractivity (Wildman–Crippen MR) is 92.8 cm³/mol. The molecule has 0 N–H and O–H groups in total. The molecule has 1 fully saturated rings. The SMILES string of the molecule is CCOC(=O)C1CCN(S(=O)(=O)N(C)Cc2ccc(Cl)cc2)CC1. The second-order valence-electron chi connectivity index (χ2n) is 5.82. The monoisotopic (exact) mass is 374 g/mol. The van der Waals surface area contributed by atoms with Gasteiger partial charge in [0, 0.05) is 31.7 Å². The van der Waals surface area contributed by atoms with E-state index in [1.54, 1.807) is 38.2 Å². The minimum Gasteiger partial charge on any atom is -0.466 e. The first kappa shape index (κ1) is 19.2. The van der Waals surface area contributed by atoms with Crippen LogP contribution in [0, 0.1) is 5.92 Å². The van der Waals surface area contributed by atoms with Gasteiger partial charge in [-0.15, -0.1) is 0 Å². The summed E-state index contributed by atoms with van der Waals surface area (Å²) in [5.74, 6) is -0.443. The Bertz CT molecular complexity index is 655. The molecular weight excluding hydrogens is 352 g/mol. The van der Waals surface area contributed by atoms with Crippen LogP contribution in [-0.4, -0.2) is 49.7 Å². The van der Waals surface area contributed by atoms with Gasteiger partial charge < -0.3 is 4.74 Å². The number of hydrogen-bond donors (Lipinski definition) is 0. The van der Waals surface area contributed by atoms with E-state index in [9.17, 15) is 13.2 Å². The Kier molecular flexibility index (Phi) is 6.62. The zero-order chi connectivity index (χ0) is 17.7. The topological polar surface area (TPSA) is 66.9 Å². The van der Waals surface area contributed by atoms with Crippen LogP contribution in [0.1, 0.15) is 25.3 Å². The summed E-state index contributed by atoms with van der Waals surface area (Å²) in [7, 11) is -1.99. The number of carbonyl (C=O) groups excluding carboxylic acids is 1. The van der Waals surface area contributed by atoms with Crippen molar-refractivity contribution in [3.63, 3.8) is 0 Å². The quantitative estimate of drug-likeness (QED) is 0.716. The van der Waals surface area contributed by atoms with E-state index in [2.05, 4.69) is 0 Å². The lowest BCUT2D eigenvalue weighted by atomic mass is 9.98. The Balaban J connectivity index is 1.95. The summed E-state index contributed by atoms with van der Waals surface area (Å²) >= 11 is 5.84. The molecule has 0 bridgehead atoms. The van der Waals surface area contributed by atoms with Gasteiger partial charge in [-0.3, -0.25) is 4.79 Å². The lowest BCUT2D eigenvalue weighted by Gasteiger charge is -2.32. The van der Waals surface area contributed by atoms with Crippen LogP contribution in [0.2, 0.25) is 5.02 Å². The Hall–Kier alpha value is -1.15. The third-order valence-corrected chi connectivity index (χ3v) is 6.30. The molecule has 24 heavy (non-hydrogen) atoms. The Labute approximate surface area is 148 Å². The number of benzene rings is 1. The number of ether oxygens (including phenoxy) is 1. The average Bonchev–Trinajstić information content (AvgIpc) is 2.57. The second-order valence-corrected chi connectivity index (χ2v) is 8.29. The fraction of sp³-hybridized carbons (Fsp3) is 0.562. The summed E-state index contributed by atoms with van der Waals surface area (Å²) in [6, 6.07) is 7.09. The molecule has 1 heterocycles. The molecule has 0 amide bonds. The van der Waals surface area contributed by atoms with Crippen molar-refractivity contribution in [2.24, 2.45) is 5.92 Å². The van der Waals surface area contributed by atoms with E-state index in [0.29, 0.717) is 37.6 Å². The molecule has 0 unspecified atom stereocenters. The number of esters is 1. The number of nitrogens with zero attached hydrogens (tertiary/aromatic N) is 2. The fourth-order valence-corrected chi connectivity index (χ4v) is 4.21. The number of piperidine rings is 1. The lowest BCUT2D eigenvalue weighted by Crippen LogP contribution is -2.46. The van der Waals surface area contributed by atoms with Gasteiger partial charge in [0.05, 0.1) is 12.5 Å². The van der Waals surface area contributed by atoms with E-state index in [1.807, 2.05) is 0 Å². The molecule has 6 nitrogen and oxygen atoms in total. The number of rotatable bonds is 6. The van der Waals surface area contributed by atoms with Gasteiger partial charge in [-0.05, 0) is 37.5 Å². The van der Waals surface area contributed by atoms with Gasteiger partial charge in [0.2, 0.25) is 0 Å². The van der Waals surface area contributed by atoms with Gasteiger partial charge in [0.15, 0.2) is 0 Å². The van der Waals surface area contributed by atoms with Crippen molar-refractivity contribution in [2.75, 3.05) is 26.7 Å². The highest BCUT2D eigenvalue weighted by molar-refractivity contribution is 7.86. The van der Waals surface area contributed by atoms with E-state index in [0.717, 1.165) is 5.56 Å².